The van der Waals surface area contributed by atoms with Gasteiger partial charge in [0.05, 0.1) is 0 Å². The van der Waals surface area contributed by atoms with Crippen LogP contribution in [0.1, 0.15) is 0 Å². The Labute approximate surface area is 130 Å². The zero-order chi connectivity index (χ0) is 17.8. The van der Waals surface area contributed by atoms with Crippen molar-refractivity contribution in [3.63, 3.8) is 0 Å². The zero-order valence-electron chi connectivity index (χ0n) is 10.8. The monoisotopic (exact) mass is 384 g/mol. The molecule has 23 heavy (non-hydrogen) atoms. The molecule has 0 unspecified atom stereocenters. The molecule has 0 saturated heterocycles. The summed E-state index contributed by atoms with van der Waals surface area (Å²) in [5.74, 6) is -0.654. The van der Waals surface area contributed by atoms with Gasteiger partial charge in [0.25, 0.3) is 30.4 Å². The van der Waals surface area contributed by atoms with Crippen molar-refractivity contribution in [1.82, 2.24) is 0 Å². The van der Waals surface area contributed by atoms with E-state index in [-0.39, 0.29) is 0 Å². The fourth-order valence-corrected chi connectivity index (χ4v) is 4.42. The molecule has 0 saturated carbocycles. The van der Waals surface area contributed by atoms with Gasteiger partial charge in [-0.1, -0.05) is 0 Å². The van der Waals surface area contributed by atoms with E-state index in [9.17, 15) is 30.4 Å². The first kappa shape index (κ1) is 17.6. The van der Waals surface area contributed by atoms with Crippen LogP contribution in [0.25, 0.3) is 10.8 Å². The Balaban J connectivity index is 3.18. The van der Waals surface area contributed by atoms with E-state index in [2.05, 4.69) is 0 Å². The van der Waals surface area contributed by atoms with Crippen LogP contribution in [0.2, 0.25) is 0 Å². The fourth-order valence-electron chi connectivity index (χ4n) is 1.94. The molecule has 0 amide bonds. The summed E-state index contributed by atoms with van der Waals surface area (Å²) in [5, 5.41) is 8.62. The quantitative estimate of drug-likeness (QED) is 0.536. The van der Waals surface area contributed by atoms with Crippen molar-refractivity contribution >= 4 is 41.1 Å². The number of fused-ring (bicyclic) bond motifs is 1. The molecule has 2 aromatic carbocycles. The standard InChI is InChI=1S/C10H8O10S3/c11-7-1-2-8(21(12,13)14)6-4-10(23(18,19)20)9(3-5(6)7)22(15,16)17/h1-4,11H,(H,12,13,14)(H,15,16,17)(H,18,19,20). The first-order valence-electron chi connectivity index (χ1n) is 5.45. The maximum absolute atomic E-state index is 11.3. The summed E-state index contributed by atoms with van der Waals surface area (Å²) < 4.78 is 95.0. The summed E-state index contributed by atoms with van der Waals surface area (Å²) in [6.45, 7) is 0. The van der Waals surface area contributed by atoms with Crippen molar-refractivity contribution in [3.8, 4) is 5.75 Å². The largest absolute Gasteiger partial charge is 0.507 e. The maximum Gasteiger partial charge on any atom is 0.295 e. The number of hydrogen-bond donors (Lipinski definition) is 4. The molecule has 10 nitrogen and oxygen atoms in total. The molecule has 0 aromatic heterocycles. The molecule has 0 bridgehead atoms. The van der Waals surface area contributed by atoms with Crippen molar-refractivity contribution in [2.45, 2.75) is 14.7 Å². The minimum Gasteiger partial charge on any atom is -0.507 e. The molecular weight excluding hydrogens is 376 g/mol. The molecule has 0 fully saturated rings. The van der Waals surface area contributed by atoms with Crippen molar-refractivity contribution in [2.75, 3.05) is 0 Å². The van der Waals surface area contributed by atoms with Gasteiger partial charge < -0.3 is 5.11 Å². The van der Waals surface area contributed by atoms with Gasteiger partial charge in [0.1, 0.15) is 20.4 Å². The molecule has 0 aliphatic heterocycles. The Morgan fingerprint density at radius 2 is 1.00 bits per heavy atom. The summed E-state index contributed by atoms with van der Waals surface area (Å²) in [6, 6.07) is 2.41. The lowest BCUT2D eigenvalue weighted by Gasteiger charge is -2.10. The van der Waals surface area contributed by atoms with E-state index >= 15 is 0 Å². The molecule has 13 heteroatoms. The number of aromatic hydroxyl groups is 1. The Morgan fingerprint density at radius 1 is 0.609 bits per heavy atom. The van der Waals surface area contributed by atoms with Crippen molar-refractivity contribution in [2.24, 2.45) is 0 Å². The van der Waals surface area contributed by atoms with Crippen LogP contribution in [0, 0.1) is 0 Å². The van der Waals surface area contributed by atoms with E-state index < -0.39 is 61.6 Å². The molecule has 0 heterocycles. The molecule has 0 radical (unpaired) electrons. The summed E-state index contributed by atoms with van der Waals surface area (Å²) >= 11 is 0. The van der Waals surface area contributed by atoms with Gasteiger partial charge in [0.2, 0.25) is 0 Å². The molecule has 2 aromatic rings. The van der Waals surface area contributed by atoms with Crippen LogP contribution < -0.4 is 0 Å². The average Bonchev–Trinajstić information content (AvgIpc) is 2.34. The SMILES string of the molecule is O=S(=O)(O)c1cc2c(O)ccc(S(=O)(=O)O)c2cc1S(=O)(=O)O. The van der Waals surface area contributed by atoms with Crippen LogP contribution in [-0.4, -0.2) is 44.0 Å². The lowest BCUT2D eigenvalue weighted by atomic mass is 10.1. The van der Waals surface area contributed by atoms with Crippen LogP contribution >= 0.6 is 0 Å². The van der Waals surface area contributed by atoms with Gasteiger partial charge in [0, 0.05) is 10.8 Å². The van der Waals surface area contributed by atoms with Gasteiger partial charge in [0.15, 0.2) is 0 Å². The maximum atomic E-state index is 11.3. The summed E-state index contributed by atoms with van der Waals surface area (Å²) in [4.78, 5) is -3.42. The smallest absolute Gasteiger partial charge is 0.295 e. The van der Waals surface area contributed by atoms with E-state index in [1.165, 1.54) is 0 Å². The van der Waals surface area contributed by atoms with E-state index in [0.717, 1.165) is 12.1 Å². The first-order valence-corrected chi connectivity index (χ1v) is 9.77. The van der Waals surface area contributed by atoms with Gasteiger partial charge in [-0.2, -0.15) is 25.3 Å². The highest BCUT2D eigenvalue weighted by molar-refractivity contribution is 7.89. The second kappa shape index (κ2) is 5.12. The van der Waals surface area contributed by atoms with Crippen molar-refractivity contribution in [3.05, 3.63) is 24.3 Å². The highest BCUT2D eigenvalue weighted by atomic mass is 32.2. The van der Waals surface area contributed by atoms with E-state index in [1.54, 1.807) is 0 Å². The van der Waals surface area contributed by atoms with Gasteiger partial charge in [-0.25, -0.2) is 0 Å². The molecule has 0 atom stereocenters. The molecule has 4 N–H and O–H groups in total. The highest BCUT2D eigenvalue weighted by Gasteiger charge is 2.27. The summed E-state index contributed by atoms with van der Waals surface area (Å²) in [7, 11) is -15.2. The van der Waals surface area contributed by atoms with E-state index in [0.29, 0.717) is 12.1 Å². The Morgan fingerprint density at radius 3 is 1.39 bits per heavy atom. The third kappa shape index (κ3) is 3.29. The number of benzene rings is 2. The Kier molecular flexibility index (Phi) is 3.91. The van der Waals surface area contributed by atoms with E-state index in [1.807, 2.05) is 0 Å². The minimum absolute atomic E-state index is 0.399. The van der Waals surface area contributed by atoms with Crippen LogP contribution in [-0.2, 0) is 30.4 Å². The van der Waals surface area contributed by atoms with Gasteiger partial charge in [-0.3, -0.25) is 13.7 Å². The average molecular weight is 384 g/mol. The van der Waals surface area contributed by atoms with Crippen molar-refractivity contribution < 1.29 is 44.0 Å². The molecule has 0 aliphatic carbocycles. The van der Waals surface area contributed by atoms with Crippen LogP contribution in [0.3, 0.4) is 0 Å². The van der Waals surface area contributed by atoms with Gasteiger partial charge >= 0.3 is 0 Å². The molecule has 0 spiro atoms. The zero-order valence-corrected chi connectivity index (χ0v) is 13.2. The third-order valence-corrected chi connectivity index (χ3v) is 5.68. The van der Waals surface area contributed by atoms with Crippen molar-refractivity contribution in [1.29, 1.82) is 0 Å². The first-order chi connectivity index (χ1) is 10.2. The number of phenolic OH excluding ortho intramolecular Hbond substituents is 1. The van der Waals surface area contributed by atoms with Gasteiger partial charge in [-0.15, -0.1) is 0 Å². The topological polar surface area (TPSA) is 183 Å². The minimum atomic E-state index is -5.18. The normalized spacial score (nSPS) is 13.3. The summed E-state index contributed by atoms with van der Waals surface area (Å²) in [6.07, 6.45) is 0. The Bertz CT molecular complexity index is 1130. The summed E-state index contributed by atoms with van der Waals surface area (Å²) in [5.41, 5.74) is 0. The highest BCUT2D eigenvalue weighted by Crippen LogP contribution is 2.35. The molecule has 2 rings (SSSR count). The van der Waals surface area contributed by atoms with Crippen LogP contribution in [0.15, 0.2) is 39.0 Å². The molecular formula is C10H8O10S3. The fraction of sp³-hybridized carbons (Fsp3) is 0. The third-order valence-electron chi connectivity index (χ3n) is 2.85. The van der Waals surface area contributed by atoms with Crippen LogP contribution in [0.4, 0.5) is 0 Å². The number of hydrogen-bond acceptors (Lipinski definition) is 7. The molecule has 0 aliphatic rings. The second-order valence-corrected chi connectivity index (χ2v) is 8.52. The second-order valence-electron chi connectivity index (χ2n) is 4.35. The van der Waals surface area contributed by atoms with E-state index in [4.69, 9.17) is 13.7 Å². The molecule has 126 valence electrons. The lowest BCUT2D eigenvalue weighted by Crippen LogP contribution is -2.09. The Hall–Kier alpha value is -1.77. The number of rotatable bonds is 3. The van der Waals surface area contributed by atoms with Gasteiger partial charge in [-0.05, 0) is 24.3 Å². The lowest BCUT2D eigenvalue weighted by molar-refractivity contribution is 0.466. The predicted molar refractivity (Wildman–Crippen MR) is 75.1 cm³/mol. The predicted octanol–water partition coefficient (Wildman–Crippen LogP) is 0.285. The van der Waals surface area contributed by atoms with Crippen LogP contribution in [0.5, 0.6) is 5.75 Å². The number of phenols is 1.